The molecule has 2 aromatic carbocycles. The number of hydrogen-bond donors (Lipinski definition) is 4. The van der Waals surface area contributed by atoms with Crippen LogP contribution in [-0.4, -0.2) is 62.2 Å². The first-order valence-corrected chi connectivity index (χ1v) is 13.8. The Morgan fingerprint density at radius 2 is 1.79 bits per heavy atom. The largest absolute Gasteiger partial charge is 0.406 e. The minimum Gasteiger partial charge on any atom is -0.382 e. The van der Waals surface area contributed by atoms with Gasteiger partial charge in [0.25, 0.3) is 0 Å². The van der Waals surface area contributed by atoms with Crippen LogP contribution in [0.2, 0.25) is 0 Å². The monoisotopic (exact) mass is 562 g/mol. The van der Waals surface area contributed by atoms with Crippen LogP contribution < -0.4 is 21.5 Å². The van der Waals surface area contributed by atoms with Crippen LogP contribution >= 0.6 is 0 Å². The number of likely N-dealkylation sites (tertiary alicyclic amines) is 1. The normalized spacial score (nSPS) is 15.1. The molecule has 0 atom stereocenters. The van der Waals surface area contributed by atoms with Gasteiger partial charge in [0.05, 0.1) is 29.2 Å². The molecule has 0 aliphatic carbocycles. The standard InChI is InChI=1S/C26H29F3N6O3S/c27-26(28,29)17-35-20(3-2-12-32-18-6-8-21(9-7-18)39(31,37)38)15-22-23(4-1-5-24(22)35)33-19-10-13-34(14-11-19)16-25(30)36/h1,4-9,15,19,32-33H,10-14,16-17H2,(H2,30,36)(H2,31,37,38). The molecule has 1 fully saturated rings. The average Bonchev–Trinajstić information content (AvgIpc) is 3.19. The molecule has 3 aromatic rings. The maximum Gasteiger partial charge on any atom is 0.406 e. The lowest BCUT2D eigenvalue weighted by atomic mass is 10.0. The van der Waals surface area contributed by atoms with Crippen LogP contribution in [0.3, 0.4) is 0 Å². The SMILES string of the molecule is NC(=O)CN1CCC(Nc2cccc3c2cc(C#CCNc2ccc(S(N)(=O)=O)cc2)n3CC(F)(F)F)CC1. The van der Waals surface area contributed by atoms with Gasteiger partial charge in [-0.3, -0.25) is 9.69 Å². The summed E-state index contributed by atoms with van der Waals surface area (Å²) < 4.78 is 64.3. The van der Waals surface area contributed by atoms with Crippen molar-refractivity contribution in [2.45, 2.75) is 36.5 Å². The van der Waals surface area contributed by atoms with E-state index in [0.29, 0.717) is 29.7 Å². The third-order valence-corrected chi connectivity index (χ3v) is 7.32. The first-order valence-electron chi connectivity index (χ1n) is 12.2. The number of benzene rings is 2. The van der Waals surface area contributed by atoms with Crippen LogP contribution in [0.1, 0.15) is 18.5 Å². The second-order valence-corrected chi connectivity index (χ2v) is 10.9. The Hall–Kier alpha value is -3.73. The third-order valence-electron chi connectivity index (χ3n) is 6.39. The van der Waals surface area contributed by atoms with Crippen molar-refractivity contribution in [1.29, 1.82) is 0 Å². The smallest absolute Gasteiger partial charge is 0.382 e. The first kappa shape index (κ1) is 28.3. The van der Waals surface area contributed by atoms with E-state index >= 15 is 0 Å². The van der Waals surface area contributed by atoms with Crippen molar-refractivity contribution in [1.82, 2.24) is 9.47 Å². The molecular formula is C26H29F3N6O3S. The summed E-state index contributed by atoms with van der Waals surface area (Å²) in [5.41, 5.74) is 7.22. The number of amides is 1. The highest BCUT2D eigenvalue weighted by atomic mass is 32.2. The maximum absolute atomic E-state index is 13.5. The molecule has 39 heavy (non-hydrogen) atoms. The molecule has 1 aromatic heterocycles. The molecule has 6 N–H and O–H groups in total. The molecule has 0 bridgehead atoms. The second kappa shape index (κ2) is 11.6. The zero-order valence-corrected chi connectivity index (χ0v) is 21.8. The van der Waals surface area contributed by atoms with Crippen LogP contribution in [0.5, 0.6) is 0 Å². The molecule has 1 amide bonds. The Labute approximate surface area is 224 Å². The summed E-state index contributed by atoms with van der Waals surface area (Å²) in [6.45, 7) is 0.538. The van der Waals surface area contributed by atoms with Crippen LogP contribution in [-0.2, 0) is 21.4 Å². The molecule has 1 aliphatic rings. The number of hydrogen-bond acceptors (Lipinski definition) is 6. The Balaban J connectivity index is 1.52. The highest BCUT2D eigenvalue weighted by molar-refractivity contribution is 7.89. The van der Waals surface area contributed by atoms with Crippen LogP contribution in [0.4, 0.5) is 24.5 Å². The number of halogens is 3. The van der Waals surface area contributed by atoms with Crippen molar-refractivity contribution in [3.63, 3.8) is 0 Å². The minimum absolute atomic E-state index is 0.0311. The van der Waals surface area contributed by atoms with E-state index in [0.717, 1.165) is 23.1 Å². The first-order chi connectivity index (χ1) is 18.4. The van der Waals surface area contributed by atoms with Gasteiger partial charge in [-0.2, -0.15) is 13.2 Å². The molecule has 13 heteroatoms. The summed E-state index contributed by atoms with van der Waals surface area (Å²) in [5, 5.41) is 12.2. The second-order valence-electron chi connectivity index (χ2n) is 9.36. The Bertz CT molecular complexity index is 1500. The van der Waals surface area contributed by atoms with Crippen molar-refractivity contribution in [2.24, 2.45) is 10.9 Å². The van der Waals surface area contributed by atoms with Crippen molar-refractivity contribution in [3.8, 4) is 11.8 Å². The van der Waals surface area contributed by atoms with Gasteiger partial charge in [0.2, 0.25) is 15.9 Å². The molecule has 1 aliphatic heterocycles. The number of rotatable bonds is 8. The maximum atomic E-state index is 13.5. The van der Waals surface area contributed by atoms with Gasteiger partial charge in [-0.1, -0.05) is 12.0 Å². The predicted octanol–water partition coefficient (Wildman–Crippen LogP) is 2.68. The summed E-state index contributed by atoms with van der Waals surface area (Å²) in [5.74, 6) is 5.32. The lowest BCUT2D eigenvalue weighted by Gasteiger charge is -2.32. The molecule has 2 heterocycles. The number of primary sulfonamides is 1. The van der Waals surface area contributed by atoms with Crippen molar-refractivity contribution >= 4 is 38.2 Å². The summed E-state index contributed by atoms with van der Waals surface area (Å²) in [7, 11) is -3.81. The number of fused-ring (bicyclic) bond motifs is 1. The van der Waals surface area contributed by atoms with Crippen molar-refractivity contribution in [3.05, 3.63) is 54.2 Å². The van der Waals surface area contributed by atoms with Gasteiger partial charge in [0.15, 0.2) is 0 Å². The number of aromatic nitrogens is 1. The number of primary amides is 1. The van der Waals surface area contributed by atoms with E-state index in [-0.39, 0.29) is 35.6 Å². The van der Waals surface area contributed by atoms with E-state index in [4.69, 9.17) is 10.9 Å². The van der Waals surface area contributed by atoms with Crippen LogP contribution in [0, 0.1) is 11.8 Å². The number of sulfonamides is 1. The van der Waals surface area contributed by atoms with E-state index < -0.39 is 22.7 Å². The lowest BCUT2D eigenvalue weighted by Crippen LogP contribution is -2.42. The van der Waals surface area contributed by atoms with E-state index in [1.807, 2.05) is 11.0 Å². The number of nitrogens with zero attached hydrogens (tertiary/aromatic N) is 2. The third kappa shape index (κ3) is 7.66. The molecule has 208 valence electrons. The van der Waals surface area contributed by atoms with Crippen LogP contribution in [0.25, 0.3) is 10.9 Å². The number of nitrogens with one attached hydrogen (secondary N) is 2. The van der Waals surface area contributed by atoms with Crippen molar-refractivity contribution in [2.75, 3.05) is 36.8 Å². The Kier molecular flexibility index (Phi) is 8.39. The molecule has 0 saturated carbocycles. The van der Waals surface area contributed by atoms with Crippen molar-refractivity contribution < 1.29 is 26.4 Å². The van der Waals surface area contributed by atoms with E-state index in [9.17, 15) is 26.4 Å². The molecule has 0 unspecified atom stereocenters. The zero-order valence-electron chi connectivity index (χ0n) is 21.0. The molecule has 0 radical (unpaired) electrons. The summed E-state index contributed by atoms with van der Waals surface area (Å²) in [4.78, 5) is 13.1. The van der Waals surface area contributed by atoms with Gasteiger partial charge in [0, 0.05) is 35.9 Å². The van der Waals surface area contributed by atoms with Crippen LogP contribution in [0.15, 0.2) is 53.4 Å². The van der Waals surface area contributed by atoms with Gasteiger partial charge < -0.3 is 20.9 Å². The van der Waals surface area contributed by atoms with Gasteiger partial charge >= 0.3 is 6.18 Å². The fraction of sp³-hybridized carbons (Fsp3) is 0.346. The zero-order chi connectivity index (χ0) is 28.2. The molecule has 4 rings (SSSR count). The number of nitrogens with two attached hydrogens (primary N) is 2. The summed E-state index contributed by atoms with van der Waals surface area (Å²) >= 11 is 0. The molecule has 0 spiro atoms. The minimum atomic E-state index is -4.44. The van der Waals surface area contributed by atoms with E-state index in [1.165, 1.54) is 24.3 Å². The Morgan fingerprint density at radius 1 is 1.10 bits per heavy atom. The van der Waals surface area contributed by atoms with E-state index in [1.54, 1.807) is 18.2 Å². The number of carbonyl (C=O) groups excluding carboxylic acids is 1. The number of anilines is 2. The number of alkyl halides is 3. The van der Waals surface area contributed by atoms with Gasteiger partial charge in [0.1, 0.15) is 6.54 Å². The molecule has 1 saturated heterocycles. The summed E-state index contributed by atoms with van der Waals surface area (Å²) in [6, 6.07) is 12.7. The fourth-order valence-corrected chi connectivity index (χ4v) is 5.10. The van der Waals surface area contributed by atoms with Gasteiger partial charge in [-0.25, -0.2) is 13.6 Å². The highest BCUT2D eigenvalue weighted by Gasteiger charge is 2.30. The number of carbonyl (C=O) groups is 1. The topological polar surface area (TPSA) is 135 Å². The summed E-state index contributed by atoms with van der Waals surface area (Å²) in [6.07, 6.45) is -2.91. The quantitative estimate of drug-likeness (QED) is 0.312. The van der Waals surface area contributed by atoms with Gasteiger partial charge in [-0.05, 0) is 61.2 Å². The van der Waals surface area contributed by atoms with E-state index in [2.05, 4.69) is 22.5 Å². The Morgan fingerprint density at radius 3 is 2.41 bits per heavy atom. The number of piperidine rings is 1. The average molecular weight is 563 g/mol. The molecule has 9 nitrogen and oxygen atoms in total. The van der Waals surface area contributed by atoms with Gasteiger partial charge in [-0.15, -0.1) is 0 Å². The fourth-order valence-electron chi connectivity index (χ4n) is 4.58. The predicted molar refractivity (Wildman–Crippen MR) is 143 cm³/mol. The highest BCUT2D eigenvalue weighted by Crippen LogP contribution is 2.31. The lowest BCUT2D eigenvalue weighted by molar-refractivity contribution is -0.140. The molecular weight excluding hydrogens is 533 g/mol.